The molecule has 1 aromatic carbocycles. The molecule has 1 aromatic rings. The van der Waals surface area contributed by atoms with E-state index in [-0.39, 0.29) is 25.6 Å². The van der Waals surface area contributed by atoms with Gasteiger partial charge >= 0.3 is 0 Å². The first-order valence-electron chi connectivity index (χ1n) is 6.14. The van der Waals surface area contributed by atoms with Crippen LogP contribution in [0.4, 0.5) is 0 Å². The van der Waals surface area contributed by atoms with E-state index in [1.165, 1.54) is 4.90 Å². The Hall–Kier alpha value is -2.43. The van der Waals surface area contributed by atoms with Gasteiger partial charge in [0, 0.05) is 0 Å². The van der Waals surface area contributed by atoms with Crippen LogP contribution in [0.1, 0.15) is 12.5 Å². The zero-order chi connectivity index (χ0) is 15.0. The number of benzene rings is 1. The lowest BCUT2D eigenvalue weighted by atomic mass is 10.2. The average molecular weight is 271 g/mol. The fourth-order valence-corrected chi connectivity index (χ4v) is 1.66. The SMILES string of the molecule is C#CCN(CC#C)C(=O)C(C)Oc1cccc(CO)c1. The van der Waals surface area contributed by atoms with Crippen LogP contribution in [0.5, 0.6) is 5.75 Å². The van der Waals surface area contributed by atoms with Crippen molar-refractivity contribution in [2.75, 3.05) is 13.1 Å². The maximum atomic E-state index is 12.1. The van der Waals surface area contributed by atoms with E-state index < -0.39 is 6.10 Å². The van der Waals surface area contributed by atoms with E-state index in [4.69, 9.17) is 22.7 Å². The summed E-state index contributed by atoms with van der Waals surface area (Å²) in [6, 6.07) is 6.91. The summed E-state index contributed by atoms with van der Waals surface area (Å²) in [5.41, 5.74) is 0.714. The number of nitrogens with zero attached hydrogens (tertiary/aromatic N) is 1. The van der Waals surface area contributed by atoms with Crippen LogP contribution in [-0.2, 0) is 11.4 Å². The number of carbonyl (C=O) groups excluding carboxylic acids is 1. The van der Waals surface area contributed by atoms with Crippen LogP contribution in [-0.4, -0.2) is 35.1 Å². The van der Waals surface area contributed by atoms with Crippen molar-refractivity contribution in [3.8, 4) is 30.4 Å². The third kappa shape index (κ3) is 4.35. The minimum Gasteiger partial charge on any atom is -0.481 e. The van der Waals surface area contributed by atoms with Gasteiger partial charge in [-0.25, -0.2) is 0 Å². The molecule has 1 unspecified atom stereocenters. The molecule has 0 aliphatic heterocycles. The molecule has 1 atom stereocenters. The predicted octanol–water partition coefficient (Wildman–Crippen LogP) is 1.04. The highest BCUT2D eigenvalue weighted by Crippen LogP contribution is 2.15. The average Bonchev–Trinajstić information content (AvgIpc) is 2.46. The number of ether oxygens (including phenoxy) is 1. The predicted molar refractivity (Wildman–Crippen MR) is 76.7 cm³/mol. The number of terminal acetylenes is 2. The summed E-state index contributed by atoms with van der Waals surface area (Å²) in [7, 11) is 0. The second kappa shape index (κ2) is 7.89. The highest BCUT2D eigenvalue weighted by molar-refractivity contribution is 5.81. The van der Waals surface area contributed by atoms with Crippen molar-refractivity contribution < 1.29 is 14.6 Å². The largest absolute Gasteiger partial charge is 0.481 e. The number of hydrogen-bond acceptors (Lipinski definition) is 3. The molecule has 0 spiro atoms. The molecule has 0 bridgehead atoms. The standard InChI is InChI=1S/C16H17NO3/c1-4-9-17(10-5-2)16(19)13(3)20-15-8-6-7-14(11-15)12-18/h1-2,6-8,11,13,18H,9-10,12H2,3H3. The highest BCUT2D eigenvalue weighted by atomic mass is 16.5. The Bertz CT molecular complexity index is 523. The molecule has 0 aliphatic rings. The molecular weight excluding hydrogens is 254 g/mol. The van der Waals surface area contributed by atoms with Gasteiger partial charge in [0.25, 0.3) is 5.91 Å². The van der Waals surface area contributed by atoms with Crippen LogP contribution >= 0.6 is 0 Å². The second-order valence-corrected chi connectivity index (χ2v) is 4.17. The van der Waals surface area contributed by atoms with Gasteiger partial charge in [-0.2, -0.15) is 0 Å². The lowest BCUT2D eigenvalue weighted by Crippen LogP contribution is -2.41. The first-order chi connectivity index (χ1) is 9.62. The number of hydrogen-bond donors (Lipinski definition) is 1. The monoisotopic (exact) mass is 271 g/mol. The van der Waals surface area contributed by atoms with Crippen molar-refractivity contribution >= 4 is 5.91 Å². The number of carbonyl (C=O) groups is 1. The third-order valence-electron chi connectivity index (χ3n) is 2.62. The van der Waals surface area contributed by atoms with Crippen molar-refractivity contribution in [2.24, 2.45) is 0 Å². The number of aliphatic hydroxyl groups excluding tert-OH is 1. The van der Waals surface area contributed by atoms with Crippen LogP contribution in [0.3, 0.4) is 0 Å². The molecule has 0 heterocycles. The summed E-state index contributed by atoms with van der Waals surface area (Å²) >= 11 is 0. The van der Waals surface area contributed by atoms with Crippen LogP contribution < -0.4 is 4.74 Å². The van der Waals surface area contributed by atoms with Gasteiger partial charge in [-0.15, -0.1) is 12.8 Å². The molecule has 4 heteroatoms. The Balaban J connectivity index is 2.73. The summed E-state index contributed by atoms with van der Waals surface area (Å²) in [6.45, 7) is 1.84. The number of amides is 1. The van der Waals surface area contributed by atoms with E-state index in [1.807, 2.05) is 0 Å². The smallest absolute Gasteiger partial charge is 0.264 e. The number of rotatable bonds is 6. The van der Waals surface area contributed by atoms with E-state index in [1.54, 1.807) is 31.2 Å². The topological polar surface area (TPSA) is 49.8 Å². The lowest BCUT2D eigenvalue weighted by Gasteiger charge is -2.22. The molecule has 4 nitrogen and oxygen atoms in total. The molecule has 0 aromatic heterocycles. The van der Waals surface area contributed by atoms with Crippen molar-refractivity contribution in [1.82, 2.24) is 4.90 Å². The molecular formula is C16H17NO3. The first-order valence-corrected chi connectivity index (χ1v) is 6.14. The quantitative estimate of drug-likeness (QED) is 0.787. The van der Waals surface area contributed by atoms with Gasteiger partial charge in [-0.3, -0.25) is 4.79 Å². The van der Waals surface area contributed by atoms with Crippen molar-refractivity contribution in [2.45, 2.75) is 19.6 Å². The van der Waals surface area contributed by atoms with E-state index in [2.05, 4.69) is 11.8 Å². The lowest BCUT2D eigenvalue weighted by molar-refractivity contribution is -0.136. The molecule has 1 rings (SSSR count). The second-order valence-electron chi connectivity index (χ2n) is 4.17. The van der Waals surface area contributed by atoms with Crippen LogP contribution in [0, 0.1) is 24.7 Å². The molecule has 0 fully saturated rings. The normalized spacial score (nSPS) is 11.0. The maximum Gasteiger partial charge on any atom is 0.264 e. The minimum absolute atomic E-state index is 0.0835. The van der Waals surface area contributed by atoms with Gasteiger partial charge in [-0.1, -0.05) is 24.0 Å². The van der Waals surface area contributed by atoms with E-state index >= 15 is 0 Å². The van der Waals surface area contributed by atoms with Crippen molar-refractivity contribution in [1.29, 1.82) is 0 Å². The van der Waals surface area contributed by atoms with E-state index in [0.717, 1.165) is 0 Å². The molecule has 0 aliphatic carbocycles. The summed E-state index contributed by atoms with van der Waals surface area (Å²) in [5, 5.41) is 9.06. The minimum atomic E-state index is -0.703. The first kappa shape index (κ1) is 15.6. The fraction of sp³-hybridized carbons (Fsp3) is 0.312. The molecule has 0 saturated carbocycles. The summed E-state index contributed by atoms with van der Waals surface area (Å²) in [4.78, 5) is 13.5. The van der Waals surface area contributed by atoms with Crippen molar-refractivity contribution in [3.05, 3.63) is 29.8 Å². The van der Waals surface area contributed by atoms with Gasteiger partial charge in [0.05, 0.1) is 19.7 Å². The Kier molecular flexibility index (Phi) is 6.16. The summed E-state index contributed by atoms with van der Waals surface area (Å²) in [6.07, 6.45) is 9.71. The van der Waals surface area contributed by atoms with Crippen LogP contribution in [0.15, 0.2) is 24.3 Å². The third-order valence-corrected chi connectivity index (χ3v) is 2.62. The molecule has 104 valence electrons. The van der Waals surface area contributed by atoms with Gasteiger partial charge < -0.3 is 14.7 Å². The van der Waals surface area contributed by atoms with E-state index in [9.17, 15) is 4.79 Å². The molecule has 0 radical (unpaired) electrons. The fourth-order valence-electron chi connectivity index (χ4n) is 1.66. The zero-order valence-corrected chi connectivity index (χ0v) is 11.4. The Labute approximate surface area is 119 Å². The molecule has 1 amide bonds. The Morgan fingerprint density at radius 2 is 2.05 bits per heavy atom. The summed E-state index contributed by atoms with van der Waals surface area (Å²) < 4.78 is 5.55. The summed E-state index contributed by atoms with van der Waals surface area (Å²) in [5.74, 6) is 5.03. The number of aliphatic hydroxyl groups is 1. The van der Waals surface area contributed by atoms with Crippen LogP contribution in [0.2, 0.25) is 0 Å². The van der Waals surface area contributed by atoms with Crippen LogP contribution in [0.25, 0.3) is 0 Å². The van der Waals surface area contributed by atoms with Gasteiger partial charge in [-0.05, 0) is 24.6 Å². The van der Waals surface area contributed by atoms with E-state index in [0.29, 0.717) is 11.3 Å². The van der Waals surface area contributed by atoms with Gasteiger partial charge in [0.2, 0.25) is 0 Å². The van der Waals surface area contributed by atoms with Crippen molar-refractivity contribution in [3.63, 3.8) is 0 Å². The van der Waals surface area contributed by atoms with Gasteiger partial charge in [0.15, 0.2) is 6.10 Å². The molecule has 1 N–H and O–H groups in total. The molecule has 0 saturated heterocycles. The van der Waals surface area contributed by atoms with Gasteiger partial charge in [0.1, 0.15) is 5.75 Å². The zero-order valence-electron chi connectivity index (χ0n) is 11.4. The maximum absolute atomic E-state index is 12.1. The molecule has 20 heavy (non-hydrogen) atoms. The highest BCUT2D eigenvalue weighted by Gasteiger charge is 2.20. The Morgan fingerprint density at radius 3 is 2.60 bits per heavy atom. The Morgan fingerprint density at radius 1 is 1.40 bits per heavy atom.